The van der Waals surface area contributed by atoms with Crippen molar-refractivity contribution in [2.24, 2.45) is 0 Å². The first kappa shape index (κ1) is 75.0. The number of amides is 1. The molecule has 0 radical (unpaired) electrons. The highest BCUT2D eigenvalue weighted by Gasteiger charge is 2.53. The van der Waals surface area contributed by atoms with E-state index in [1.54, 1.807) is 12.2 Å². The monoisotopic (exact) mass is 1190 g/mol. The number of nitrogens with one attached hydrogen (secondary N) is 1. The van der Waals surface area contributed by atoms with E-state index in [0.717, 1.165) is 38.5 Å². The van der Waals surface area contributed by atoms with Crippen molar-refractivity contribution < 1.29 is 89.4 Å². The molecule has 3 aliphatic heterocycles. The Hall–Kier alpha value is -2.25. The molecule has 484 valence electrons. The van der Waals surface area contributed by atoms with E-state index < -0.39 is 124 Å². The molecule has 1 amide bonds. The summed E-state index contributed by atoms with van der Waals surface area (Å²) >= 11 is 0. The average molecular weight is 1190 g/mol. The molecule has 17 atom stereocenters. The highest BCUT2D eigenvalue weighted by molar-refractivity contribution is 5.76. The van der Waals surface area contributed by atoms with Gasteiger partial charge in [0.1, 0.15) is 73.2 Å². The number of carbonyl (C=O) groups is 1. The summed E-state index contributed by atoms with van der Waals surface area (Å²) in [4.78, 5) is 13.1. The zero-order valence-electron chi connectivity index (χ0n) is 50.7. The highest BCUT2D eigenvalue weighted by atomic mass is 16.8. The van der Waals surface area contributed by atoms with E-state index in [2.05, 4.69) is 48.7 Å². The molecule has 19 nitrogen and oxygen atoms in total. The summed E-state index contributed by atoms with van der Waals surface area (Å²) in [6.07, 6.45) is 28.4. The maximum Gasteiger partial charge on any atom is 0.220 e. The number of rotatable bonds is 48. The van der Waals surface area contributed by atoms with Gasteiger partial charge in [0.25, 0.3) is 0 Å². The zero-order valence-corrected chi connectivity index (χ0v) is 50.7. The summed E-state index contributed by atoms with van der Waals surface area (Å²) in [6, 6.07) is -0.967. The van der Waals surface area contributed by atoms with Crippen LogP contribution in [-0.4, -0.2) is 193 Å². The SMILES string of the molecule is CCC/C=C/C(O)C(COC1OC(CO)C(OC2OC(CO)C(OC3OC(CO)C(O)C(O)C3O)C(O)C2O)C(O)C1O)NC(=O)CCCCCCCCCCCCCCCCCCCCCC/C=C\C/C=C\C/C=C\CCCCCCC. The molecule has 3 heterocycles. The minimum atomic E-state index is -1.97. The molecule has 0 aromatic carbocycles. The number of carbonyl (C=O) groups excluding carboxylic acids is 1. The predicted octanol–water partition coefficient (Wildman–Crippen LogP) is 7.04. The van der Waals surface area contributed by atoms with Crippen LogP contribution in [0.2, 0.25) is 0 Å². The molecule has 0 spiro atoms. The topological polar surface area (TPSA) is 307 Å². The summed E-state index contributed by atoms with van der Waals surface area (Å²) < 4.78 is 34.0. The fourth-order valence-corrected chi connectivity index (χ4v) is 10.8. The number of aliphatic hydroxyl groups excluding tert-OH is 11. The van der Waals surface area contributed by atoms with Crippen molar-refractivity contribution in [1.29, 1.82) is 0 Å². The Kier molecular flexibility index (Phi) is 42.3. The lowest BCUT2D eigenvalue weighted by atomic mass is 9.96. The average Bonchev–Trinajstić information content (AvgIpc) is 3.56. The largest absolute Gasteiger partial charge is 0.394 e. The summed E-state index contributed by atoms with van der Waals surface area (Å²) in [6.45, 7) is 1.47. The van der Waals surface area contributed by atoms with Gasteiger partial charge in [0.2, 0.25) is 5.91 Å². The first-order valence-corrected chi connectivity index (χ1v) is 32.4. The van der Waals surface area contributed by atoms with Crippen molar-refractivity contribution in [3.63, 3.8) is 0 Å². The summed E-state index contributed by atoms with van der Waals surface area (Å²) in [5.41, 5.74) is 0. The van der Waals surface area contributed by atoms with E-state index in [0.29, 0.717) is 12.8 Å². The molecular formula is C64H115NO18. The second kappa shape index (κ2) is 46.8. The third kappa shape index (κ3) is 30.0. The van der Waals surface area contributed by atoms with Gasteiger partial charge in [-0.25, -0.2) is 0 Å². The standard InChI is InChI=1S/C64H115NO18/c1-3-5-7-8-9-10-11-12-13-14-15-16-17-18-19-20-21-22-23-24-25-26-27-28-29-30-31-32-33-34-35-36-37-38-40-42-52(70)65-47(48(69)41-39-6-4-2)46-78-62-58(76)55(73)60(50(44-67)80-62)83-64-59(77)56(74)61(51(45-68)81-64)82-63-57(75)54(72)53(71)49(43-66)79-63/h11-12,14-15,17-18,39,41,47-51,53-64,66-69,71-77H,3-10,13,16,19-38,40,42-46H2,1-2H3,(H,65,70)/b12-11-,15-14-,18-17-,41-39+. The summed E-state index contributed by atoms with van der Waals surface area (Å²) in [5, 5.41) is 119. The minimum absolute atomic E-state index is 0.242. The van der Waals surface area contributed by atoms with Gasteiger partial charge in [-0.05, 0) is 51.4 Å². The maximum atomic E-state index is 13.1. The second-order valence-electron chi connectivity index (χ2n) is 23.2. The van der Waals surface area contributed by atoms with Gasteiger partial charge in [-0.15, -0.1) is 0 Å². The van der Waals surface area contributed by atoms with Gasteiger partial charge in [-0.3, -0.25) is 4.79 Å². The van der Waals surface area contributed by atoms with Crippen LogP contribution in [0.4, 0.5) is 0 Å². The van der Waals surface area contributed by atoms with Crippen molar-refractivity contribution in [2.75, 3.05) is 26.4 Å². The Balaban J connectivity index is 1.23. The molecule has 0 aromatic heterocycles. The molecule has 17 unspecified atom stereocenters. The number of aliphatic hydroxyl groups is 11. The van der Waals surface area contributed by atoms with Crippen LogP contribution in [0.1, 0.15) is 219 Å². The third-order valence-electron chi connectivity index (χ3n) is 16.1. The number of allylic oxidation sites excluding steroid dienone is 7. The van der Waals surface area contributed by atoms with Crippen LogP contribution < -0.4 is 5.32 Å². The van der Waals surface area contributed by atoms with Crippen molar-refractivity contribution in [2.45, 2.75) is 324 Å². The van der Waals surface area contributed by atoms with Gasteiger partial charge in [-0.2, -0.15) is 0 Å². The molecule has 3 rings (SSSR count). The first-order valence-electron chi connectivity index (χ1n) is 32.4. The van der Waals surface area contributed by atoms with Crippen LogP contribution in [0.15, 0.2) is 48.6 Å². The van der Waals surface area contributed by atoms with E-state index >= 15 is 0 Å². The lowest BCUT2D eigenvalue weighted by Crippen LogP contribution is -2.66. The van der Waals surface area contributed by atoms with E-state index in [1.165, 1.54) is 148 Å². The first-order chi connectivity index (χ1) is 40.3. The molecule has 3 saturated heterocycles. The van der Waals surface area contributed by atoms with Crippen LogP contribution in [0, 0.1) is 0 Å². The van der Waals surface area contributed by atoms with Crippen molar-refractivity contribution in [3.05, 3.63) is 48.6 Å². The number of ether oxygens (including phenoxy) is 6. The molecule has 0 aliphatic carbocycles. The van der Waals surface area contributed by atoms with Crippen LogP contribution in [0.25, 0.3) is 0 Å². The van der Waals surface area contributed by atoms with Gasteiger partial charge >= 0.3 is 0 Å². The quantitative estimate of drug-likeness (QED) is 0.0215. The maximum absolute atomic E-state index is 13.1. The Morgan fingerprint density at radius 1 is 0.434 bits per heavy atom. The fourth-order valence-electron chi connectivity index (χ4n) is 10.8. The van der Waals surface area contributed by atoms with Crippen LogP contribution >= 0.6 is 0 Å². The fraction of sp³-hybridized carbons (Fsp3) is 0.859. The minimum Gasteiger partial charge on any atom is -0.394 e. The molecule has 3 fully saturated rings. The molecule has 0 bridgehead atoms. The van der Waals surface area contributed by atoms with Crippen molar-refractivity contribution in [1.82, 2.24) is 5.32 Å². The van der Waals surface area contributed by atoms with Gasteiger partial charge < -0.3 is 89.9 Å². The van der Waals surface area contributed by atoms with Crippen LogP contribution in [-0.2, 0) is 33.2 Å². The number of unbranched alkanes of at least 4 members (excludes halogenated alkanes) is 26. The Morgan fingerprint density at radius 2 is 0.819 bits per heavy atom. The lowest BCUT2D eigenvalue weighted by Gasteiger charge is -2.48. The molecule has 12 N–H and O–H groups in total. The van der Waals surface area contributed by atoms with Crippen LogP contribution in [0.3, 0.4) is 0 Å². The highest BCUT2D eigenvalue weighted by Crippen LogP contribution is 2.33. The number of hydrogen-bond donors (Lipinski definition) is 12. The molecule has 19 heteroatoms. The molecule has 0 aromatic rings. The molecular weight excluding hydrogens is 1070 g/mol. The number of hydrogen-bond acceptors (Lipinski definition) is 18. The second-order valence-corrected chi connectivity index (χ2v) is 23.2. The van der Waals surface area contributed by atoms with E-state index in [1.807, 2.05) is 6.92 Å². The van der Waals surface area contributed by atoms with E-state index in [-0.39, 0.29) is 18.9 Å². The van der Waals surface area contributed by atoms with E-state index in [9.17, 15) is 61.0 Å². The third-order valence-corrected chi connectivity index (χ3v) is 16.1. The Labute approximate surface area is 497 Å². The Morgan fingerprint density at radius 3 is 1.27 bits per heavy atom. The molecule has 0 saturated carbocycles. The van der Waals surface area contributed by atoms with Crippen molar-refractivity contribution >= 4 is 5.91 Å². The Bertz CT molecular complexity index is 1700. The molecule has 83 heavy (non-hydrogen) atoms. The molecule has 3 aliphatic rings. The van der Waals surface area contributed by atoms with Gasteiger partial charge in [-0.1, -0.05) is 210 Å². The predicted molar refractivity (Wildman–Crippen MR) is 319 cm³/mol. The van der Waals surface area contributed by atoms with Crippen LogP contribution in [0.5, 0.6) is 0 Å². The van der Waals surface area contributed by atoms with Gasteiger partial charge in [0.05, 0.1) is 38.6 Å². The lowest BCUT2D eigenvalue weighted by molar-refractivity contribution is -0.379. The van der Waals surface area contributed by atoms with Crippen molar-refractivity contribution in [3.8, 4) is 0 Å². The summed E-state index contributed by atoms with van der Waals surface area (Å²) in [5.74, 6) is -0.287. The van der Waals surface area contributed by atoms with Gasteiger partial charge in [0.15, 0.2) is 18.9 Å². The smallest absolute Gasteiger partial charge is 0.220 e. The summed E-state index contributed by atoms with van der Waals surface area (Å²) in [7, 11) is 0. The van der Waals surface area contributed by atoms with E-state index in [4.69, 9.17) is 28.4 Å². The normalized spacial score (nSPS) is 29.7. The van der Waals surface area contributed by atoms with Gasteiger partial charge in [0, 0.05) is 6.42 Å². The zero-order chi connectivity index (χ0) is 60.5.